The van der Waals surface area contributed by atoms with Crippen molar-refractivity contribution in [3.63, 3.8) is 0 Å². The molecular formula is C25H21FN6O5S. The van der Waals surface area contributed by atoms with E-state index in [9.17, 15) is 24.1 Å². The van der Waals surface area contributed by atoms with E-state index in [1.165, 1.54) is 48.5 Å². The predicted molar refractivity (Wildman–Crippen MR) is 138 cm³/mol. The number of non-ortho nitro benzene ring substituents is 1. The number of benzene rings is 3. The number of nitro groups is 1. The van der Waals surface area contributed by atoms with Crippen LogP contribution in [0.4, 0.5) is 15.8 Å². The Labute approximate surface area is 220 Å². The molecule has 2 amide bonds. The Bertz CT molecular complexity index is 1440. The molecule has 1 heterocycles. The number of nitrogens with zero attached hydrogens (tertiary/aromatic N) is 4. The minimum atomic E-state index is -0.552. The molecule has 0 aliphatic rings. The Hall–Kier alpha value is -4.78. The summed E-state index contributed by atoms with van der Waals surface area (Å²) in [5.74, 6) is -0.158. The maximum absolute atomic E-state index is 13.6. The maximum Gasteiger partial charge on any atom is 0.269 e. The number of nitrogens with one attached hydrogen (secondary N) is 2. The van der Waals surface area contributed by atoms with Crippen molar-refractivity contribution >= 4 is 35.0 Å². The lowest BCUT2D eigenvalue weighted by atomic mass is 10.2. The Morgan fingerprint density at radius 2 is 1.71 bits per heavy atom. The summed E-state index contributed by atoms with van der Waals surface area (Å²) in [6, 6.07) is 17.7. The van der Waals surface area contributed by atoms with Crippen LogP contribution in [0.25, 0.3) is 5.69 Å². The molecule has 2 N–H and O–H groups in total. The van der Waals surface area contributed by atoms with Crippen LogP contribution in [0, 0.1) is 15.9 Å². The van der Waals surface area contributed by atoms with Gasteiger partial charge < -0.3 is 15.4 Å². The standard InChI is InChI=1S/C25H21FN6O5S/c1-37-21-12-6-18(7-13-21)28-23(33)15-38-25-30-29-22(31(25)19-10-4-17(26)5-11-19)14-27-24(34)16-2-8-20(9-3-16)32(35)36/h2-13H,14-15H2,1H3,(H,27,34)(H,28,33). The second-order valence-electron chi connectivity index (χ2n) is 7.76. The quantitative estimate of drug-likeness (QED) is 0.176. The zero-order valence-electron chi connectivity index (χ0n) is 20.0. The highest BCUT2D eigenvalue weighted by molar-refractivity contribution is 7.99. The van der Waals surface area contributed by atoms with Gasteiger partial charge in [-0.15, -0.1) is 10.2 Å². The van der Waals surface area contributed by atoms with Crippen LogP contribution in [-0.2, 0) is 11.3 Å². The van der Waals surface area contributed by atoms with Crippen LogP contribution in [0.3, 0.4) is 0 Å². The topological polar surface area (TPSA) is 141 Å². The van der Waals surface area contributed by atoms with E-state index in [0.717, 1.165) is 11.8 Å². The van der Waals surface area contributed by atoms with Crippen molar-refractivity contribution in [3.05, 3.63) is 100 Å². The number of rotatable bonds is 10. The third kappa shape index (κ3) is 6.50. The number of thioether (sulfide) groups is 1. The monoisotopic (exact) mass is 536 g/mol. The summed E-state index contributed by atoms with van der Waals surface area (Å²) in [5.41, 5.74) is 1.24. The smallest absolute Gasteiger partial charge is 0.269 e. The molecular weight excluding hydrogens is 515 g/mol. The first-order valence-electron chi connectivity index (χ1n) is 11.1. The summed E-state index contributed by atoms with van der Waals surface area (Å²) in [4.78, 5) is 35.4. The number of aromatic nitrogens is 3. The summed E-state index contributed by atoms with van der Waals surface area (Å²) in [6.07, 6.45) is 0. The van der Waals surface area contributed by atoms with E-state index in [1.54, 1.807) is 35.9 Å². The number of hydrogen-bond acceptors (Lipinski definition) is 8. The first-order chi connectivity index (χ1) is 18.3. The molecule has 0 radical (unpaired) electrons. The second-order valence-corrected chi connectivity index (χ2v) is 8.71. The Balaban J connectivity index is 1.47. The van der Waals surface area contributed by atoms with E-state index >= 15 is 0 Å². The Kier molecular flexibility index (Phi) is 8.28. The minimum Gasteiger partial charge on any atom is -0.497 e. The SMILES string of the molecule is COc1ccc(NC(=O)CSc2nnc(CNC(=O)c3ccc([N+](=O)[O-])cc3)n2-c2ccc(F)cc2)cc1. The van der Waals surface area contributed by atoms with Gasteiger partial charge in [0.05, 0.1) is 24.3 Å². The number of amides is 2. The number of ether oxygens (including phenoxy) is 1. The normalized spacial score (nSPS) is 10.6. The van der Waals surface area contributed by atoms with Crippen molar-refractivity contribution in [1.29, 1.82) is 0 Å². The average Bonchev–Trinajstić information content (AvgIpc) is 3.34. The molecule has 4 rings (SSSR count). The number of methoxy groups -OCH3 is 1. The summed E-state index contributed by atoms with van der Waals surface area (Å²) < 4.78 is 20.3. The van der Waals surface area contributed by atoms with E-state index in [4.69, 9.17) is 4.74 Å². The Morgan fingerprint density at radius 3 is 2.34 bits per heavy atom. The predicted octanol–water partition coefficient (Wildman–Crippen LogP) is 3.98. The van der Waals surface area contributed by atoms with Gasteiger partial charge in [-0.1, -0.05) is 11.8 Å². The molecule has 0 saturated heterocycles. The highest BCUT2D eigenvalue weighted by Crippen LogP contribution is 2.23. The van der Waals surface area contributed by atoms with Crippen molar-refractivity contribution in [2.24, 2.45) is 0 Å². The number of nitro benzene ring substituents is 1. The lowest BCUT2D eigenvalue weighted by molar-refractivity contribution is -0.384. The van der Waals surface area contributed by atoms with Crippen molar-refractivity contribution in [2.75, 3.05) is 18.2 Å². The van der Waals surface area contributed by atoms with Crippen LogP contribution < -0.4 is 15.4 Å². The molecule has 0 unspecified atom stereocenters. The van der Waals surface area contributed by atoms with Crippen molar-refractivity contribution in [2.45, 2.75) is 11.7 Å². The van der Waals surface area contributed by atoms with Crippen LogP contribution in [0.1, 0.15) is 16.2 Å². The zero-order chi connectivity index (χ0) is 27.1. The Morgan fingerprint density at radius 1 is 1.03 bits per heavy atom. The van der Waals surface area contributed by atoms with Gasteiger partial charge in [-0.05, 0) is 60.7 Å². The van der Waals surface area contributed by atoms with Crippen LogP contribution in [0.15, 0.2) is 78.0 Å². The largest absolute Gasteiger partial charge is 0.497 e. The van der Waals surface area contributed by atoms with Crippen molar-refractivity contribution in [3.8, 4) is 11.4 Å². The fraction of sp³-hybridized carbons (Fsp3) is 0.120. The molecule has 0 fully saturated rings. The number of carbonyl (C=O) groups is 2. The van der Waals surface area contributed by atoms with Crippen LogP contribution in [-0.4, -0.2) is 44.4 Å². The fourth-order valence-electron chi connectivity index (χ4n) is 3.36. The molecule has 4 aromatic rings. The van der Waals surface area contributed by atoms with Crippen LogP contribution >= 0.6 is 11.8 Å². The van der Waals surface area contributed by atoms with Gasteiger partial charge in [0.15, 0.2) is 11.0 Å². The van der Waals surface area contributed by atoms with Gasteiger partial charge in [0, 0.05) is 29.1 Å². The molecule has 11 nitrogen and oxygen atoms in total. The van der Waals surface area contributed by atoms with Gasteiger partial charge in [-0.25, -0.2) is 4.39 Å². The first kappa shape index (κ1) is 26.3. The molecule has 38 heavy (non-hydrogen) atoms. The molecule has 194 valence electrons. The van der Waals surface area contributed by atoms with Gasteiger partial charge >= 0.3 is 0 Å². The van der Waals surface area contributed by atoms with Gasteiger partial charge in [-0.3, -0.25) is 24.3 Å². The highest BCUT2D eigenvalue weighted by atomic mass is 32.2. The minimum absolute atomic E-state index is 0.0144. The molecule has 1 aromatic heterocycles. The number of hydrogen-bond donors (Lipinski definition) is 2. The summed E-state index contributed by atoms with van der Waals surface area (Å²) in [6.45, 7) is -0.0429. The molecule has 0 aliphatic carbocycles. The molecule has 0 aliphatic heterocycles. The van der Waals surface area contributed by atoms with Crippen LogP contribution in [0.5, 0.6) is 5.75 Å². The van der Waals surface area contributed by atoms with Crippen LogP contribution in [0.2, 0.25) is 0 Å². The summed E-state index contributed by atoms with van der Waals surface area (Å²) in [7, 11) is 1.55. The van der Waals surface area contributed by atoms with Gasteiger partial charge in [0.2, 0.25) is 5.91 Å². The van der Waals surface area contributed by atoms with Gasteiger partial charge in [-0.2, -0.15) is 0 Å². The van der Waals surface area contributed by atoms with Crippen molar-refractivity contribution in [1.82, 2.24) is 20.1 Å². The van der Waals surface area contributed by atoms with Gasteiger partial charge in [0.1, 0.15) is 11.6 Å². The third-order valence-corrected chi connectivity index (χ3v) is 6.17. The molecule has 3 aromatic carbocycles. The molecule has 0 spiro atoms. The maximum atomic E-state index is 13.6. The van der Waals surface area contributed by atoms with Crippen molar-refractivity contribution < 1.29 is 23.6 Å². The van der Waals surface area contributed by atoms with E-state index in [2.05, 4.69) is 20.8 Å². The first-order valence-corrected chi connectivity index (χ1v) is 12.1. The third-order valence-electron chi connectivity index (χ3n) is 5.24. The molecule has 0 bridgehead atoms. The number of halogens is 1. The van der Waals surface area contributed by atoms with E-state index in [1.807, 2.05) is 0 Å². The second kappa shape index (κ2) is 12.0. The average molecular weight is 537 g/mol. The summed E-state index contributed by atoms with van der Waals surface area (Å²) >= 11 is 1.12. The van der Waals surface area contributed by atoms with E-state index in [-0.39, 0.29) is 29.5 Å². The lowest BCUT2D eigenvalue weighted by Gasteiger charge is -2.11. The molecule has 0 saturated carbocycles. The van der Waals surface area contributed by atoms with E-state index in [0.29, 0.717) is 28.1 Å². The lowest BCUT2D eigenvalue weighted by Crippen LogP contribution is -2.24. The van der Waals surface area contributed by atoms with Gasteiger partial charge in [0.25, 0.3) is 11.6 Å². The summed E-state index contributed by atoms with van der Waals surface area (Å²) in [5, 5.41) is 25.0. The molecule has 13 heteroatoms. The van der Waals surface area contributed by atoms with E-state index < -0.39 is 16.6 Å². The zero-order valence-corrected chi connectivity index (χ0v) is 20.8. The molecule has 0 atom stereocenters. The fourth-order valence-corrected chi connectivity index (χ4v) is 4.13. The number of carbonyl (C=O) groups excluding carboxylic acids is 2. The highest BCUT2D eigenvalue weighted by Gasteiger charge is 2.18. The number of anilines is 1.